The molecule has 0 radical (unpaired) electrons. The Bertz CT molecular complexity index is 1110. The quantitative estimate of drug-likeness (QED) is 0.533. The summed E-state index contributed by atoms with van der Waals surface area (Å²) in [6, 6.07) is 22.6. The molecule has 1 atom stereocenters. The molecule has 0 heterocycles. The number of ether oxygens (including phenoxy) is 1. The Hall–Kier alpha value is -3.16. The summed E-state index contributed by atoms with van der Waals surface area (Å²) in [5, 5.41) is 2.84. The number of sulfonamides is 1. The second-order valence-corrected chi connectivity index (χ2v) is 8.85. The van der Waals surface area contributed by atoms with Crippen LogP contribution in [-0.4, -0.2) is 28.0 Å². The summed E-state index contributed by atoms with van der Waals surface area (Å²) >= 11 is 0. The van der Waals surface area contributed by atoms with Crippen molar-refractivity contribution in [3.8, 4) is 5.75 Å². The standard InChI is InChI=1S/C24H26N2O4S/c1-18(20-7-4-3-5-8-20)26-31(28,29)23-10-6-9-21(17-23)24(27)25-16-15-19-11-13-22(30-2)14-12-19/h3-14,17-18,26H,15-16H2,1-2H3,(H,25,27)/t18-/m1/s1. The topological polar surface area (TPSA) is 84.5 Å². The zero-order valence-electron chi connectivity index (χ0n) is 17.5. The molecule has 2 N–H and O–H groups in total. The van der Waals surface area contributed by atoms with Gasteiger partial charge in [0.2, 0.25) is 10.0 Å². The Morgan fingerprint density at radius 1 is 0.968 bits per heavy atom. The van der Waals surface area contributed by atoms with E-state index >= 15 is 0 Å². The van der Waals surface area contributed by atoms with Crippen molar-refractivity contribution in [2.24, 2.45) is 0 Å². The highest BCUT2D eigenvalue weighted by Gasteiger charge is 2.19. The number of methoxy groups -OCH3 is 1. The van der Waals surface area contributed by atoms with E-state index < -0.39 is 16.1 Å². The van der Waals surface area contributed by atoms with Gasteiger partial charge < -0.3 is 10.1 Å². The number of nitrogens with one attached hydrogen (secondary N) is 2. The van der Waals surface area contributed by atoms with Crippen molar-refractivity contribution in [1.82, 2.24) is 10.0 Å². The smallest absolute Gasteiger partial charge is 0.251 e. The number of hydrogen-bond acceptors (Lipinski definition) is 4. The Balaban J connectivity index is 1.62. The molecule has 0 saturated carbocycles. The summed E-state index contributed by atoms with van der Waals surface area (Å²) in [6.45, 7) is 2.22. The van der Waals surface area contributed by atoms with Crippen LogP contribution in [0.3, 0.4) is 0 Å². The summed E-state index contributed by atoms with van der Waals surface area (Å²) < 4.78 is 33.4. The molecule has 0 spiro atoms. The molecule has 3 rings (SSSR count). The van der Waals surface area contributed by atoms with Crippen molar-refractivity contribution in [3.05, 3.63) is 95.6 Å². The summed E-state index contributed by atoms with van der Waals surface area (Å²) in [5.74, 6) is 0.461. The van der Waals surface area contributed by atoms with Crippen LogP contribution in [0.4, 0.5) is 0 Å². The van der Waals surface area contributed by atoms with Crippen LogP contribution < -0.4 is 14.8 Å². The van der Waals surface area contributed by atoms with E-state index in [4.69, 9.17) is 4.74 Å². The van der Waals surface area contributed by atoms with Gasteiger partial charge in [0.15, 0.2) is 0 Å². The van der Waals surface area contributed by atoms with E-state index in [1.807, 2.05) is 54.6 Å². The van der Waals surface area contributed by atoms with Crippen LogP contribution in [0.25, 0.3) is 0 Å². The van der Waals surface area contributed by atoms with Crippen LogP contribution in [-0.2, 0) is 16.4 Å². The Labute approximate surface area is 183 Å². The third kappa shape index (κ3) is 6.16. The molecule has 3 aromatic rings. The van der Waals surface area contributed by atoms with Gasteiger partial charge in [0, 0.05) is 18.2 Å². The molecule has 0 unspecified atom stereocenters. The van der Waals surface area contributed by atoms with Crippen molar-refractivity contribution in [3.63, 3.8) is 0 Å². The fourth-order valence-electron chi connectivity index (χ4n) is 3.13. The highest BCUT2D eigenvalue weighted by Crippen LogP contribution is 2.18. The maximum Gasteiger partial charge on any atom is 0.251 e. The molecule has 7 heteroatoms. The van der Waals surface area contributed by atoms with E-state index in [1.165, 1.54) is 12.1 Å². The minimum absolute atomic E-state index is 0.0538. The van der Waals surface area contributed by atoms with Crippen molar-refractivity contribution in [2.45, 2.75) is 24.3 Å². The third-order valence-electron chi connectivity index (χ3n) is 4.90. The molecule has 0 bridgehead atoms. The van der Waals surface area contributed by atoms with Crippen LogP contribution in [0, 0.1) is 0 Å². The average molecular weight is 439 g/mol. The SMILES string of the molecule is COc1ccc(CCNC(=O)c2cccc(S(=O)(=O)N[C@H](C)c3ccccc3)c2)cc1. The molecule has 0 aliphatic heterocycles. The largest absolute Gasteiger partial charge is 0.497 e. The first-order valence-corrected chi connectivity index (χ1v) is 11.5. The molecule has 0 aliphatic rings. The van der Waals surface area contributed by atoms with Crippen molar-refractivity contribution in [1.29, 1.82) is 0 Å². The van der Waals surface area contributed by atoms with Crippen LogP contribution in [0.2, 0.25) is 0 Å². The van der Waals surface area contributed by atoms with Gasteiger partial charge in [0.05, 0.1) is 12.0 Å². The normalized spacial score (nSPS) is 12.2. The van der Waals surface area contributed by atoms with E-state index in [1.54, 1.807) is 26.2 Å². The summed E-state index contributed by atoms with van der Waals surface area (Å²) in [7, 11) is -2.16. The van der Waals surface area contributed by atoms with Crippen molar-refractivity contribution >= 4 is 15.9 Å². The lowest BCUT2D eigenvalue weighted by Gasteiger charge is -2.15. The second-order valence-electron chi connectivity index (χ2n) is 7.14. The van der Waals surface area contributed by atoms with Gasteiger partial charge in [-0.1, -0.05) is 48.5 Å². The van der Waals surface area contributed by atoms with Gasteiger partial charge in [-0.2, -0.15) is 0 Å². The summed E-state index contributed by atoms with van der Waals surface area (Å²) in [6.07, 6.45) is 0.657. The van der Waals surface area contributed by atoms with Crippen molar-refractivity contribution in [2.75, 3.05) is 13.7 Å². The minimum atomic E-state index is -3.78. The van der Waals surface area contributed by atoms with E-state index in [2.05, 4.69) is 10.0 Å². The molecule has 162 valence electrons. The van der Waals surface area contributed by atoms with E-state index in [0.29, 0.717) is 18.5 Å². The highest BCUT2D eigenvalue weighted by molar-refractivity contribution is 7.89. The van der Waals surface area contributed by atoms with Gasteiger partial charge >= 0.3 is 0 Å². The van der Waals surface area contributed by atoms with E-state index in [-0.39, 0.29) is 10.8 Å². The Kier molecular flexibility index (Phi) is 7.44. The minimum Gasteiger partial charge on any atom is -0.497 e. The van der Waals surface area contributed by atoms with Gasteiger partial charge in [-0.25, -0.2) is 13.1 Å². The molecule has 31 heavy (non-hydrogen) atoms. The molecular weight excluding hydrogens is 412 g/mol. The monoisotopic (exact) mass is 438 g/mol. The molecule has 3 aromatic carbocycles. The molecule has 0 aliphatic carbocycles. The van der Waals surface area contributed by atoms with E-state index in [9.17, 15) is 13.2 Å². The predicted molar refractivity (Wildman–Crippen MR) is 121 cm³/mol. The van der Waals surface area contributed by atoms with Gasteiger partial charge in [-0.05, 0) is 54.8 Å². The fraction of sp³-hybridized carbons (Fsp3) is 0.208. The number of carbonyl (C=O) groups is 1. The first kappa shape index (κ1) is 22.5. The zero-order valence-corrected chi connectivity index (χ0v) is 18.4. The average Bonchev–Trinajstić information content (AvgIpc) is 2.80. The zero-order chi connectivity index (χ0) is 22.3. The van der Waals surface area contributed by atoms with Crippen LogP contribution in [0.1, 0.15) is 34.5 Å². The lowest BCUT2D eigenvalue weighted by Crippen LogP contribution is -2.28. The molecule has 0 saturated heterocycles. The van der Waals surface area contributed by atoms with Gasteiger partial charge in [0.25, 0.3) is 5.91 Å². The second kappa shape index (κ2) is 10.2. The van der Waals surface area contributed by atoms with Crippen molar-refractivity contribution < 1.29 is 17.9 Å². The van der Waals surface area contributed by atoms with Crippen LogP contribution in [0.15, 0.2) is 83.8 Å². The Morgan fingerprint density at radius 3 is 2.35 bits per heavy atom. The number of benzene rings is 3. The van der Waals surface area contributed by atoms with Gasteiger partial charge in [0.1, 0.15) is 5.75 Å². The lowest BCUT2D eigenvalue weighted by atomic mass is 10.1. The predicted octanol–water partition coefficient (Wildman–Crippen LogP) is 3.71. The summed E-state index contributed by atoms with van der Waals surface area (Å²) in [5.41, 5.74) is 2.22. The molecular formula is C24H26N2O4S. The first-order chi connectivity index (χ1) is 14.9. The Morgan fingerprint density at radius 2 is 1.68 bits per heavy atom. The summed E-state index contributed by atoms with van der Waals surface area (Å²) in [4.78, 5) is 12.6. The number of rotatable bonds is 9. The number of carbonyl (C=O) groups excluding carboxylic acids is 1. The maximum atomic E-state index is 12.8. The van der Waals surface area contributed by atoms with Crippen LogP contribution in [0.5, 0.6) is 5.75 Å². The molecule has 1 amide bonds. The number of amides is 1. The molecule has 6 nitrogen and oxygen atoms in total. The maximum absolute atomic E-state index is 12.8. The first-order valence-electron chi connectivity index (χ1n) is 9.97. The van der Waals surface area contributed by atoms with Crippen LogP contribution >= 0.6 is 0 Å². The third-order valence-corrected chi connectivity index (χ3v) is 6.43. The van der Waals surface area contributed by atoms with Gasteiger partial charge in [-0.3, -0.25) is 4.79 Å². The lowest BCUT2D eigenvalue weighted by molar-refractivity contribution is 0.0954. The van der Waals surface area contributed by atoms with E-state index in [0.717, 1.165) is 16.9 Å². The molecule has 0 fully saturated rings. The molecule has 0 aromatic heterocycles. The fourth-order valence-corrected chi connectivity index (χ4v) is 4.41. The number of hydrogen-bond donors (Lipinski definition) is 2. The highest BCUT2D eigenvalue weighted by atomic mass is 32.2. The van der Waals surface area contributed by atoms with Gasteiger partial charge in [-0.15, -0.1) is 0 Å².